The molecule has 1 saturated carbocycles. The van der Waals surface area contributed by atoms with E-state index in [9.17, 15) is 9.90 Å². The van der Waals surface area contributed by atoms with Crippen molar-refractivity contribution in [3.63, 3.8) is 0 Å². The van der Waals surface area contributed by atoms with Crippen molar-refractivity contribution in [3.05, 3.63) is 0 Å². The highest BCUT2D eigenvalue weighted by Crippen LogP contribution is 2.28. The lowest BCUT2D eigenvalue weighted by Crippen LogP contribution is -2.40. The summed E-state index contributed by atoms with van der Waals surface area (Å²) in [7, 11) is 0. The van der Waals surface area contributed by atoms with Gasteiger partial charge in [0.2, 0.25) is 5.91 Å². The number of rotatable bonds is 7. The fraction of sp³-hybridized carbons (Fsp3) is 0.923. The molecule has 0 radical (unpaired) electrons. The Morgan fingerprint density at radius 3 is 2.65 bits per heavy atom. The number of nitrogens with two attached hydrogens (primary N) is 1. The standard InChI is InChI=1S/C13H26N2O2/c1-11(6-9-14)4-5-12(16)15-10-13(17)7-2-3-8-13/h11,17H,2-10,14H2,1H3,(H,15,16). The molecule has 4 nitrogen and oxygen atoms in total. The SMILES string of the molecule is CC(CCN)CCC(=O)NCC1(O)CCCC1. The average Bonchev–Trinajstić information content (AvgIpc) is 2.72. The highest BCUT2D eigenvalue weighted by atomic mass is 16.3. The maximum absolute atomic E-state index is 11.6. The van der Waals surface area contributed by atoms with Crippen LogP contribution in [0.5, 0.6) is 0 Å². The van der Waals surface area contributed by atoms with E-state index >= 15 is 0 Å². The molecular formula is C13H26N2O2. The molecule has 0 heterocycles. The van der Waals surface area contributed by atoms with Gasteiger partial charge in [0.25, 0.3) is 0 Å². The van der Waals surface area contributed by atoms with Crippen molar-refractivity contribution in [3.8, 4) is 0 Å². The zero-order valence-electron chi connectivity index (χ0n) is 10.9. The Balaban J connectivity index is 2.12. The lowest BCUT2D eigenvalue weighted by Gasteiger charge is -2.22. The van der Waals surface area contributed by atoms with Crippen molar-refractivity contribution in [1.82, 2.24) is 5.32 Å². The van der Waals surface area contributed by atoms with Crippen LogP contribution in [0.3, 0.4) is 0 Å². The smallest absolute Gasteiger partial charge is 0.220 e. The summed E-state index contributed by atoms with van der Waals surface area (Å²) in [6.45, 7) is 3.21. The number of hydrogen-bond acceptors (Lipinski definition) is 3. The van der Waals surface area contributed by atoms with Gasteiger partial charge in [0, 0.05) is 13.0 Å². The third kappa shape index (κ3) is 5.50. The van der Waals surface area contributed by atoms with Crippen LogP contribution < -0.4 is 11.1 Å². The van der Waals surface area contributed by atoms with Crippen molar-refractivity contribution in [1.29, 1.82) is 0 Å². The predicted octanol–water partition coefficient (Wildman–Crippen LogP) is 1.17. The summed E-state index contributed by atoms with van der Waals surface area (Å²) < 4.78 is 0. The highest BCUT2D eigenvalue weighted by molar-refractivity contribution is 5.75. The van der Waals surface area contributed by atoms with Crippen LogP contribution >= 0.6 is 0 Å². The van der Waals surface area contributed by atoms with Gasteiger partial charge >= 0.3 is 0 Å². The Morgan fingerprint density at radius 1 is 1.41 bits per heavy atom. The Kier molecular flexibility index (Phi) is 5.92. The molecule has 17 heavy (non-hydrogen) atoms. The number of carbonyl (C=O) groups excluding carboxylic acids is 1. The molecule has 1 atom stereocenters. The second-order valence-electron chi connectivity index (χ2n) is 5.43. The molecule has 1 aliphatic carbocycles. The van der Waals surface area contributed by atoms with Crippen molar-refractivity contribution in [2.75, 3.05) is 13.1 Å². The second-order valence-corrected chi connectivity index (χ2v) is 5.43. The molecule has 0 aromatic rings. The van der Waals surface area contributed by atoms with Crippen molar-refractivity contribution in [2.45, 2.75) is 57.5 Å². The van der Waals surface area contributed by atoms with Gasteiger partial charge in [-0.15, -0.1) is 0 Å². The monoisotopic (exact) mass is 242 g/mol. The fourth-order valence-corrected chi connectivity index (χ4v) is 2.37. The van der Waals surface area contributed by atoms with Gasteiger partial charge in [-0.1, -0.05) is 19.8 Å². The Bertz CT molecular complexity index is 238. The summed E-state index contributed by atoms with van der Waals surface area (Å²) in [6, 6.07) is 0. The molecule has 1 unspecified atom stereocenters. The number of amides is 1. The molecule has 1 aliphatic rings. The van der Waals surface area contributed by atoms with Crippen molar-refractivity contribution >= 4 is 5.91 Å². The molecule has 0 spiro atoms. The average molecular weight is 242 g/mol. The maximum atomic E-state index is 11.6. The fourth-order valence-electron chi connectivity index (χ4n) is 2.37. The molecule has 1 rings (SSSR count). The molecule has 0 bridgehead atoms. The first-order chi connectivity index (χ1) is 8.06. The lowest BCUT2D eigenvalue weighted by molar-refractivity contribution is -0.122. The Morgan fingerprint density at radius 2 is 2.06 bits per heavy atom. The Labute approximate surface area is 104 Å². The summed E-state index contributed by atoms with van der Waals surface area (Å²) in [5.41, 5.74) is 4.82. The first-order valence-corrected chi connectivity index (χ1v) is 6.75. The first-order valence-electron chi connectivity index (χ1n) is 6.75. The van der Waals surface area contributed by atoms with E-state index in [1.807, 2.05) is 0 Å². The molecular weight excluding hydrogens is 216 g/mol. The number of aliphatic hydroxyl groups is 1. The molecule has 1 fully saturated rings. The van der Waals surface area contributed by atoms with Crippen LogP contribution in [0.2, 0.25) is 0 Å². The van der Waals surface area contributed by atoms with E-state index in [1.165, 1.54) is 0 Å². The van der Waals surface area contributed by atoms with E-state index in [0.717, 1.165) is 38.5 Å². The molecule has 0 aliphatic heterocycles. The van der Waals surface area contributed by atoms with Gasteiger partial charge in [0.15, 0.2) is 0 Å². The van der Waals surface area contributed by atoms with E-state index in [0.29, 0.717) is 25.4 Å². The molecule has 1 amide bonds. The lowest BCUT2D eigenvalue weighted by atomic mass is 10.0. The Hall–Kier alpha value is -0.610. The number of hydrogen-bond donors (Lipinski definition) is 3. The van der Waals surface area contributed by atoms with Gasteiger partial charge in [0.1, 0.15) is 0 Å². The van der Waals surface area contributed by atoms with E-state index in [-0.39, 0.29) is 5.91 Å². The summed E-state index contributed by atoms with van der Waals surface area (Å²) in [5.74, 6) is 0.550. The third-order valence-electron chi connectivity index (χ3n) is 3.67. The summed E-state index contributed by atoms with van der Waals surface area (Å²) >= 11 is 0. The minimum Gasteiger partial charge on any atom is -0.388 e. The van der Waals surface area contributed by atoms with Crippen LogP contribution in [0.25, 0.3) is 0 Å². The van der Waals surface area contributed by atoms with E-state index in [4.69, 9.17) is 5.73 Å². The minimum absolute atomic E-state index is 0.0502. The van der Waals surface area contributed by atoms with E-state index in [2.05, 4.69) is 12.2 Å². The maximum Gasteiger partial charge on any atom is 0.220 e. The summed E-state index contributed by atoms with van der Waals surface area (Å²) in [4.78, 5) is 11.6. The summed E-state index contributed by atoms with van der Waals surface area (Å²) in [5, 5.41) is 12.9. The molecule has 0 aromatic carbocycles. The number of carbonyl (C=O) groups is 1. The molecule has 4 heteroatoms. The largest absolute Gasteiger partial charge is 0.388 e. The molecule has 0 saturated heterocycles. The van der Waals surface area contributed by atoms with E-state index in [1.54, 1.807) is 0 Å². The van der Waals surface area contributed by atoms with Crippen LogP contribution in [0.1, 0.15) is 51.9 Å². The quantitative estimate of drug-likeness (QED) is 0.627. The first kappa shape index (κ1) is 14.5. The summed E-state index contributed by atoms with van der Waals surface area (Å²) in [6.07, 6.45) is 6.16. The van der Waals surface area contributed by atoms with Crippen LogP contribution in [0, 0.1) is 5.92 Å². The van der Waals surface area contributed by atoms with Gasteiger partial charge in [0.05, 0.1) is 5.60 Å². The van der Waals surface area contributed by atoms with Crippen LogP contribution in [0.15, 0.2) is 0 Å². The van der Waals surface area contributed by atoms with Gasteiger partial charge in [-0.2, -0.15) is 0 Å². The van der Waals surface area contributed by atoms with Gasteiger partial charge in [-0.3, -0.25) is 4.79 Å². The zero-order chi connectivity index (χ0) is 12.7. The van der Waals surface area contributed by atoms with E-state index < -0.39 is 5.60 Å². The zero-order valence-corrected chi connectivity index (χ0v) is 10.9. The molecule has 100 valence electrons. The normalized spacial score (nSPS) is 20.2. The topological polar surface area (TPSA) is 75.4 Å². The van der Waals surface area contributed by atoms with Gasteiger partial charge < -0.3 is 16.2 Å². The van der Waals surface area contributed by atoms with Gasteiger partial charge in [-0.25, -0.2) is 0 Å². The minimum atomic E-state index is -0.640. The van der Waals surface area contributed by atoms with Crippen LogP contribution in [-0.2, 0) is 4.79 Å². The van der Waals surface area contributed by atoms with Crippen LogP contribution in [0.4, 0.5) is 0 Å². The molecule has 0 aromatic heterocycles. The molecule has 4 N–H and O–H groups in total. The second kappa shape index (κ2) is 6.97. The van der Waals surface area contributed by atoms with Crippen molar-refractivity contribution in [2.24, 2.45) is 11.7 Å². The highest BCUT2D eigenvalue weighted by Gasteiger charge is 2.31. The predicted molar refractivity (Wildman–Crippen MR) is 68.5 cm³/mol. The van der Waals surface area contributed by atoms with Crippen LogP contribution in [-0.4, -0.2) is 29.7 Å². The third-order valence-corrected chi connectivity index (χ3v) is 3.67. The number of nitrogens with one attached hydrogen (secondary N) is 1. The van der Waals surface area contributed by atoms with Gasteiger partial charge in [-0.05, 0) is 38.1 Å². The van der Waals surface area contributed by atoms with Crippen molar-refractivity contribution < 1.29 is 9.90 Å².